The molecule has 0 bridgehead atoms. The first-order valence-corrected chi connectivity index (χ1v) is 10.8. The highest BCUT2D eigenvalue weighted by Gasteiger charge is 2.21. The highest BCUT2D eigenvalue weighted by atomic mass is 32.2. The van der Waals surface area contributed by atoms with Crippen LogP contribution in [0, 0.1) is 5.82 Å². The Morgan fingerprint density at radius 3 is 2.70 bits per heavy atom. The molecule has 1 amide bonds. The molecule has 0 spiro atoms. The second-order valence-electron chi connectivity index (χ2n) is 6.73. The molecule has 4 aromatic rings. The fourth-order valence-corrected chi connectivity index (χ4v) is 3.65. The minimum atomic E-state index is -1.16. The molecule has 1 N–H and O–H groups in total. The van der Waals surface area contributed by atoms with Crippen LogP contribution in [-0.2, 0) is 10.8 Å². The molecule has 3 aromatic heterocycles. The zero-order chi connectivity index (χ0) is 21.3. The van der Waals surface area contributed by atoms with Crippen LogP contribution in [0.5, 0.6) is 0 Å². The average molecular weight is 426 g/mol. The summed E-state index contributed by atoms with van der Waals surface area (Å²) >= 11 is 0. The summed E-state index contributed by atoms with van der Waals surface area (Å²) in [5.74, 6) is -0.126. The van der Waals surface area contributed by atoms with Gasteiger partial charge in [-0.05, 0) is 36.8 Å². The first-order valence-electron chi connectivity index (χ1n) is 9.28. The van der Waals surface area contributed by atoms with Gasteiger partial charge >= 0.3 is 0 Å². The minimum absolute atomic E-state index is 0.325. The van der Waals surface area contributed by atoms with Gasteiger partial charge in [-0.1, -0.05) is 6.92 Å². The first kappa shape index (κ1) is 20.0. The Balaban J connectivity index is 1.64. The summed E-state index contributed by atoms with van der Waals surface area (Å²) in [6.45, 7) is 1.92. The molecular formula is C21H19FN4O3S. The average Bonchev–Trinajstić information content (AvgIpc) is 3.40. The van der Waals surface area contributed by atoms with Gasteiger partial charge in [0.05, 0.1) is 50.9 Å². The van der Waals surface area contributed by atoms with Gasteiger partial charge < -0.3 is 9.73 Å². The van der Waals surface area contributed by atoms with Crippen molar-refractivity contribution in [3.8, 4) is 5.69 Å². The summed E-state index contributed by atoms with van der Waals surface area (Å²) < 4.78 is 32.0. The van der Waals surface area contributed by atoms with Crippen molar-refractivity contribution in [3.63, 3.8) is 0 Å². The predicted molar refractivity (Wildman–Crippen MR) is 110 cm³/mol. The summed E-state index contributed by atoms with van der Waals surface area (Å²) in [6.07, 6.45) is 8.27. The van der Waals surface area contributed by atoms with E-state index in [-0.39, 0.29) is 17.8 Å². The second kappa shape index (κ2) is 8.19. The monoisotopic (exact) mass is 426 g/mol. The molecule has 3 heterocycles. The normalized spacial score (nSPS) is 13.3. The van der Waals surface area contributed by atoms with Crippen molar-refractivity contribution in [1.29, 1.82) is 0 Å². The predicted octanol–water partition coefficient (Wildman–Crippen LogP) is 3.77. The maximum atomic E-state index is 13.2. The molecule has 154 valence electrons. The van der Waals surface area contributed by atoms with Gasteiger partial charge in [0.1, 0.15) is 17.8 Å². The zero-order valence-corrected chi connectivity index (χ0v) is 17.1. The van der Waals surface area contributed by atoms with Crippen LogP contribution in [0.3, 0.4) is 0 Å². The SMILES string of the molecule is CCC(NC(=O)c1cncc2c1cnn2-c1ccc(F)cc1)c1cc(S(C)=O)co1. The van der Waals surface area contributed by atoms with Crippen LogP contribution in [0.2, 0.25) is 0 Å². The van der Waals surface area contributed by atoms with Crippen molar-refractivity contribution < 1.29 is 17.8 Å². The zero-order valence-electron chi connectivity index (χ0n) is 16.3. The Hall–Kier alpha value is -3.33. The van der Waals surface area contributed by atoms with Crippen LogP contribution in [0.15, 0.2) is 64.5 Å². The number of carbonyl (C=O) groups is 1. The number of hydrogen-bond acceptors (Lipinski definition) is 5. The van der Waals surface area contributed by atoms with Crippen LogP contribution in [0.1, 0.15) is 35.5 Å². The molecule has 7 nitrogen and oxygen atoms in total. The lowest BCUT2D eigenvalue weighted by atomic mass is 10.1. The topological polar surface area (TPSA) is 90.0 Å². The Kier molecular flexibility index (Phi) is 5.45. The molecule has 0 aliphatic carbocycles. The van der Waals surface area contributed by atoms with Crippen LogP contribution in [-0.4, -0.2) is 31.1 Å². The molecule has 4 rings (SSSR count). The van der Waals surface area contributed by atoms with E-state index in [9.17, 15) is 13.4 Å². The standard InChI is InChI=1S/C21H19FN4O3S/c1-3-18(20-8-15(12-29-20)30(2)28)25-21(27)17-9-23-11-19-16(17)10-24-26(19)14-6-4-13(22)5-7-14/h4-12,18H,3H2,1-2H3,(H,25,27). The van der Waals surface area contributed by atoms with Gasteiger partial charge in [0.15, 0.2) is 0 Å². The van der Waals surface area contributed by atoms with E-state index in [1.54, 1.807) is 41.5 Å². The van der Waals surface area contributed by atoms with Gasteiger partial charge in [-0.15, -0.1) is 0 Å². The number of nitrogens with zero attached hydrogens (tertiary/aromatic N) is 3. The van der Waals surface area contributed by atoms with E-state index in [0.29, 0.717) is 39.2 Å². The van der Waals surface area contributed by atoms with E-state index in [2.05, 4.69) is 15.4 Å². The molecule has 0 saturated heterocycles. The molecule has 0 radical (unpaired) electrons. The van der Waals surface area contributed by atoms with Gasteiger partial charge in [-0.3, -0.25) is 14.0 Å². The number of aromatic nitrogens is 3. The molecule has 2 atom stereocenters. The smallest absolute Gasteiger partial charge is 0.254 e. The molecule has 0 saturated carbocycles. The molecule has 0 fully saturated rings. The molecule has 1 aromatic carbocycles. The van der Waals surface area contributed by atoms with Crippen LogP contribution in [0.4, 0.5) is 4.39 Å². The number of halogens is 1. The summed E-state index contributed by atoms with van der Waals surface area (Å²) in [7, 11) is -1.16. The number of hydrogen-bond donors (Lipinski definition) is 1. The number of pyridine rings is 1. The molecule has 0 aliphatic heterocycles. The summed E-state index contributed by atoms with van der Waals surface area (Å²) in [5, 5.41) is 7.90. The molecular weight excluding hydrogens is 407 g/mol. The van der Waals surface area contributed by atoms with Crippen molar-refractivity contribution in [1.82, 2.24) is 20.1 Å². The largest absolute Gasteiger partial charge is 0.466 e. The Bertz CT molecular complexity index is 1230. The highest BCUT2D eigenvalue weighted by Crippen LogP contribution is 2.24. The molecule has 0 aliphatic rings. The van der Waals surface area contributed by atoms with Gasteiger partial charge in [-0.2, -0.15) is 5.10 Å². The third kappa shape index (κ3) is 3.76. The minimum Gasteiger partial charge on any atom is -0.466 e. The van der Waals surface area contributed by atoms with Gasteiger partial charge in [0.2, 0.25) is 0 Å². The number of nitrogens with one attached hydrogen (secondary N) is 1. The van der Waals surface area contributed by atoms with E-state index in [1.807, 2.05) is 6.92 Å². The van der Waals surface area contributed by atoms with E-state index >= 15 is 0 Å². The van der Waals surface area contributed by atoms with Gasteiger partial charge in [0, 0.05) is 17.8 Å². The number of carbonyl (C=O) groups excluding carboxylic acids is 1. The fraction of sp³-hybridized carbons (Fsp3) is 0.190. The van der Waals surface area contributed by atoms with Gasteiger partial charge in [-0.25, -0.2) is 9.07 Å². The Morgan fingerprint density at radius 2 is 2.03 bits per heavy atom. The second-order valence-corrected chi connectivity index (χ2v) is 8.11. The van der Waals surface area contributed by atoms with Crippen LogP contribution < -0.4 is 5.32 Å². The highest BCUT2D eigenvalue weighted by molar-refractivity contribution is 7.84. The third-order valence-electron chi connectivity index (χ3n) is 4.80. The summed E-state index contributed by atoms with van der Waals surface area (Å²) in [4.78, 5) is 17.7. The van der Waals surface area contributed by atoms with Crippen molar-refractivity contribution in [3.05, 3.63) is 72.3 Å². The van der Waals surface area contributed by atoms with Crippen molar-refractivity contribution in [2.45, 2.75) is 24.3 Å². The lowest BCUT2D eigenvalue weighted by Crippen LogP contribution is -2.28. The number of amides is 1. The van der Waals surface area contributed by atoms with Crippen molar-refractivity contribution in [2.75, 3.05) is 6.26 Å². The number of benzene rings is 1. The lowest BCUT2D eigenvalue weighted by molar-refractivity contribution is 0.0931. The van der Waals surface area contributed by atoms with E-state index in [4.69, 9.17) is 4.42 Å². The lowest BCUT2D eigenvalue weighted by Gasteiger charge is -2.14. The maximum Gasteiger partial charge on any atom is 0.254 e. The Labute approximate surface area is 174 Å². The quantitative estimate of drug-likeness (QED) is 0.507. The molecule has 30 heavy (non-hydrogen) atoms. The summed E-state index contributed by atoms with van der Waals surface area (Å²) in [5.41, 5.74) is 1.65. The van der Waals surface area contributed by atoms with E-state index in [0.717, 1.165) is 0 Å². The van der Waals surface area contributed by atoms with Crippen molar-refractivity contribution in [2.24, 2.45) is 0 Å². The Morgan fingerprint density at radius 1 is 1.27 bits per heavy atom. The fourth-order valence-electron chi connectivity index (χ4n) is 3.19. The number of fused-ring (bicyclic) bond motifs is 1. The summed E-state index contributed by atoms with van der Waals surface area (Å²) in [6, 6.07) is 7.22. The van der Waals surface area contributed by atoms with Gasteiger partial charge in [0.25, 0.3) is 5.91 Å². The molecule has 2 unspecified atom stereocenters. The van der Waals surface area contributed by atoms with Crippen molar-refractivity contribution >= 4 is 27.6 Å². The maximum absolute atomic E-state index is 13.2. The van der Waals surface area contributed by atoms with E-state index < -0.39 is 10.8 Å². The number of furan rings is 1. The van der Waals surface area contributed by atoms with Crippen LogP contribution >= 0.6 is 0 Å². The third-order valence-corrected chi connectivity index (χ3v) is 5.68. The molecule has 9 heteroatoms. The number of rotatable bonds is 6. The van der Waals surface area contributed by atoms with Crippen LogP contribution in [0.25, 0.3) is 16.6 Å². The first-order chi connectivity index (χ1) is 14.5. The van der Waals surface area contributed by atoms with E-state index in [1.165, 1.54) is 24.6 Å².